The van der Waals surface area contributed by atoms with Gasteiger partial charge in [-0.05, 0) is 0 Å². The average Bonchev–Trinajstić information content (AvgIpc) is 2.82. The third-order valence-corrected chi connectivity index (χ3v) is 8.50. The van der Waals surface area contributed by atoms with E-state index in [1.54, 1.807) is 0 Å². The summed E-state index contributed by atoms with van der Waals surface area (Å²) in [5.41, 5.74) is 3.94. The minimum atomic E-state index is 0.306. The number of benzene rings is 2. The minimum absolute atomic E-state index is 0.306. The zero-order chi connectivity index (χ0) is 22.8. The summed E-state index contributed by atoms with van der Waals surface area (Å²) in [6.07, 6.45) is 10.0. The summed E-state index contributed by atoms with van der Waals surface area (Å²) in [7, 11) is 0. The molecule has 1 radical (unpaired) electrons. The predicted molar refractivity (Wildman–Crippen MR) is 142 cm³/mol. The molecule has 0 aromatic heterocycles. The maximum atomic E-state index is 5.04. The molecule has 3 nitrogen and oxygen atoms in total. The molecule has 0 saturated carbocycles. The van der Waals surface area contributed by atoms with Crippen molar-refractivity contribution in [2.75, 3.05) is 36.0 Å². The number of hydrogen-bond acceptors (Lipinski definition) is 3. The summed E-state index contributed by atoms with van der Waals surface area (Å²) in [5, 5.41) is 1.17. The Hall–Kier alpha value is -1.64. The molecule has 0 fully saturated rings. The van der Waals surface area contributed by atoms with Gasteiger partial charge in [-0.1, -0.05) is 0 Å². The summed E-state index contributed by atoms with van der Waals surface area (Å²) in [6, 6.07) is 14.0. The van der Waals surface area contributed by atoms with Gasteiger partial charge in [0.25, 0.3) is 0 Å². The molecule has 3 rings (SSSR count). The van der Waals surface area contributed by atoms with Crippen LogP contribution in [0.4, 0.5) is 17.1 Å². The van der Waals surface area contributed by atoms with Crippen molar-refractivity contribution >= 4 is 36.0 Å². The molecule has 0 aliphatic carbocycles. The van der Waals surface area contributed by atoms with Gasteiger partial charge < -0.3 is 0 Å². The zero-order valence-electron chi connectivity index (χ0n) is 20.7. The molecule has 0 N–H and O–H groups in total. The van der Waals surface area contributed by atoms with Crippen molar-refractivity contribution in [3.8, 4) is 0 Å². The molecule has 0 saturated heterocycles. The number of nitrogens with zero attached hydrogens (tertiary/aromatic N) is 3. The van der Waals surface area contributed by atoms with Crippen LogP contribution in [0.5, 0.6) is 0 Å². The molecule has 1 aliphatic rings. The normalized spacial score (nSPS) is 11.9. The van der Waals surface area contributed by atoms with Crippen LogP contribution in [-0.2, 0) is 0 Å². The molecule has 0 unspecified atom stereocenters. The van der Waals surface area contributed by atoms with E-state index in [9.17, 15) is 0 Å². The fourth-order valence-electron chi connectivity index (χ4n) is 4.13. The van der Waals surface area contributed by atoms with Crippen LogP contribution in [0, 0.1) is 4.06 Å². The van der Waals surface area contributed by atoms with E-state index >= 15 is 0 Å². The van der Waals surface area contributed by atoms with Crippen LogP contribution in [-0.4, -0.2) is 40.7 Å². The molecule has 2 aromatic rings. The van der Waals surface area contributed by atoms with Gasteiger partial charge in [0.15, 0.2) is 0 Å². The first kappa shape index (κ1) is 25.0. The first-order valence-electron chi connectivity index (χ1n) is 12.9. The van der Waals surface area contributed by atoms with E-state index in [-0.39, 0.29) is 0 Å². The van der Waals surface area contributed by atoms with Crippen LogP contribution >= 0.6 is 0 Å². The van der Waals surface area contributed by atoms with Crippen molar-refractivity contribution in [1.82, 2.24) is 0 Å². The molecule has 0 bridgehead atoms. The molecule has 0 atom stereocenters. The topological polar surface area (TPSA) is 18.8 Å². The van der Waals surface area contributed by atoms with Gasteiger partial charge in [-0.15, -0.1) is 0 Å². The molecule has 1 heterocycles. The first-order chi connectivity index (χ1) is 15.7. The fraction of sp³-hybridized carbons (Fsp3) is 0.571. The van der Waals surface area contributed by atoms with Crippen LogP contribution in [0.1, 0.15) is 79.1 Å². The Bertz CT molecular complexity index is 953. The molecule has 175 valence electrons. The van der Waals surface area contributed by atoms with Gasteiger partial charge in [0.2, 0.25) is 0 Å². The van der Waals surface area contributed by atoms with E-state index in [0.29, 0.717) is 14.5 Å². The van der Waals surface area contributed by atoms with E-state index in [0.717, 1.165) is 26.2 Å². The van der Waals surface area contributed by atoms with Gasteiger partial charge in [0.05, 0.1) is 0 Å². The van der Waals surface area contributed by atoms with Gasteiger partial charge >= 0.3 is 202 Å². The predicted octanol–water partition coefficient (Wildman–Crippen LogP) is 6.05. The Morgan fingerprint density at radius 3 is 1.69 bits per heavy atom. The SMILES string of the molecule is CCCCN(CCCC)c1ccc2c(c1)[Se]=c1cc(N(CCCC)CCCC)ccc1=N2. The maximum absolute atomic E-state index is 5.04. The number of anilines is 2. The summed E-state index contributed by atoms with van der Waals surface area (Å²) < 4.78 is 2.87. The van der Waals surface area contributed by atoms with Crippen molar-refractivity contribution in [1.29, 1.82) is 0 Å². The second-order valence-corrected chi connectivity index (χ2v) is 11.2. The summed E-state index contributed by atoms with van der Waals surface area (Å²) in [4.78, 5) is 10.2. The zero-order valence-corrected chi connectivity index (χ0v) is 22.4. The molecule has 0 spiro atoms. The Labute approximate surface area is 201 Å². The quantitative estimate of drug-likeness (QED) is 0.252. The fourth-order valence-corrected chi connectivity index (χ4v) is 6.30. The Balaban J connectivity index is 1.90. The number of unbranched alkanes of at least 4 members (excludes halogenated alkanes) is 4. The molecule has 4 heteroatoms. The van der Waals surface area contributed by atoms with Gasteiger partial charge in [-0.2, -0.15) is 0 Å². The Kier molecular flexibility index (Phi) is 10.3. The number of hydrogen-bond donors (Lipinski definition) is 0. The van der Waals surface area contributed by atoms with Crippen molar-refractivity contribution < 1.29 is 0 Å². The van der Waals surface area contributed by atoms with Crippen LogP contribution < -0.4 is 19.6 Å². The first-order valence-corrected chi connectivity index (χ1v) is 14.6. The Morgan fingerprint density at radius 2 is 1.16 bits per heavy atom. The third kappa shape index (κ3) is 6.68. The van der Waals surface area contributed by atoms with Crippen LogP contribution in [0.3, 0.4) is 0 Å². The van der Waals surface area contributed by atoms with Gasteiger partial charge in [-0.25, -0.2) is 0 Å². The van der Waals surface area contributed by atoms with E-state index in [1.807, 2.05) is 0 Å². The van der Waals surface area contributed by atoms with Crippen LogP contribution in [0.15, 0.2) is 41.4 Å². The van der Waals surface area contributed by atoms with E-state index in [2.05, 4.69) is 73.9 Å². The second-order valence-electron chi connectivity index (χ2n) is 8.91. The van der Waals surface area contributed by atoms with Gasteiger partial charge in [-0.3, -0.25) is 0 Å². The van der Waals surface area contributed by atoms with E-state index in [1.165, 1.54) is 82.3 Å². The van der Waals surface area contributed by atoms with E-state index < -0.39 is 0 Å². The second kappa shape index (κ2) is 13.2. The molecule has 32 heavy (non-hydrogen) atoms. The number of fused-ring (bicyclic) bond motifs is 2. The molecule has 1 aliphatic heterocycles. The van der Waals surface area contributed by atoms with Crippen molar-refractivity contribution in [3.63, 3.8) is 0 Å². The summed E-state index contributed by atoms with van der Waals surface area (Å²) in [5.74, 6) is 0. The third-order valence-electron chi connectivity index (χ3n) is 6.20. The average molecular weight is 500 g/mol. The summed E-state index contributed by atoms with van der Waals surface area (Å²) in [6.45, 7) is 13.8. The number of rotatable bonds is 14. The van der Waals surface area contributed by atoms with Crippen LogP contribution in [0.25, 0.3) is 0 Å². The molecular formula is C28H42N3Se. The molecule has 2 aromatic carbocycles. The standard InChI is InChI=1S/C28H42N3Se/c1-5-9-17-30(18-10-6-2)23-13-15-25-27(21-23)32-28-22-24(14-16-26(28)29-25)31(19-11-7-3)20-12-8-4/h13-16,21-22H,5-12,17-20H2,1-4H3. The van der Waals surface area contributed by atoms with Crippen molar-refractivity contribution in [2.45, 2.75) is 79.1 Å². The van der Waals surface area contributed by atoms with Crippen molar-refractivity contribution in [2.24, 2.45) is 4.99 Å². The Morgan fingerprint density at radius 1 is 0.656 bits per heavy atom. The van der Waals surface area contributed by atoms with Gasteiger partial charge in [0.1, 0.15) is 0 Å². The molecule has 0 amide bonds. The molecular weight excluding hydrogens is 457 g/mol. The van der Waals surface area contributed by atoms with Crippen molar-refractivity contribution in [3.05, 3.63) is 45.8 Å². The van der Waals surface area contributed by atoms with Gasteiger partial charge in [0, 0.05) is 0 Å². The monoisotopic (exact) mass is 500 g/mol. The summed E-state index contributed by atoms with van der Waals surface area (Å²) >= 11 is 0.306. The van der Waals surface area contributed by atoms with E-state index in [4.69, 9.17) is 4.99 Å². The van der Waals surface area contributed by atoms with Crippen LogP contribution in [0.2, 0.25) is 0 Å².